The van der Waals surface area contributed by atoms with Gasteiger partial charge in [0, 0.05) is 24.8 Å². The average Bonchev–Trinajstić information content (AvgIpc) is 2.46. The van der Waals surface area contributed by atoms with Crippen LogP contribution < -0.4 is 10.2 Å². The van der Waals surface area contributed by atoms with Gasteiger partial charge >= 0.3 is 0 Å². The Morgan fingerprint density at radius 3 is 2.65 bits per heavy atom. The third-order valence-electron chi connectivity index (χ3n) is 4.30. The van der Waals surface area contributed by atoms with Gasteiger partial charge in [-0.2, -0.15) is 0 Å². The van der Waals surface area contributed by atoms with E-state index in [0.29, 0.717) is 12.0 Å². The van der Waals surface area contributed by atoms with E-state index in [-0.39, 0.29) is 0 Å². The lowest BCUT2D eigenvalue weighted by Gasteiger charge is -2.33. The van der Waals surface area contributed by atoms with E-state index < -0.39 is 0 Å². The summed E-state index contributed by atoms with van der Waals surface area (Å²) in [5, 5.41) is 3.61. The van der Waals surface area contributed by atoms with E-state index >= 15 is 0 Å². The van der Waals surface area contributed by atoms with Crippen LogP contribution in [0.3, 0.4) is 0 Å². The highest BCUT2D eigenvalue weighted by molar-refractivity contribution is 5.47. The van der Waals surface area contributed by atoms with Crippen molar-refractivity contribution >= 4 is 5.69 Å². The number of rotatable bonds is 4. The molecule has 2 nitrogen and oxygen atoms in total. The predicted molar refractivity (Wildman–Crippen MR) is 88.5 cm³/mol. The fourth-order valence-electron chi connectivity index (χ4n) is 2.87. The van der Waals surface area contributed by atoms with Gasteiger partial charge in [0.05, 0.1) is 0 Å². The summed E-state index contributed by atoms with van der Waals surface area (Å²) in [6.07, 6.45) is 5.01. The van der Waals surface area contributed by atoms with E-state index in [1.54, 1.807) is 0 Å². The highest BCUT2D eigenvalue weighted by Gasteiger charge is 2.16. The van der Waals surface area contributed by atoms with Crippen LogP contribution in [0.1, 0.15) is 45.6 Å². The monoisotopic (exact) mass is 274 g/mol. The minimum Gasteiger partial charge on any atom is -0.371 e. The van der Waals surface area contributed by atoms with Crippen LogP contribution in [0.4, 0.5) is 5.69 Å². The molecule has 112 valence electrons. The van der Waals surface area contributed by atoms with Crippen LogP contribution in [0.25, 0.3) is 0 Å². The molecule has 1 saturated heterocycles. The summed E-state index contributed by atoms with van der Waals surface area (Å²) < 4.78 is 0. The lowest BCUT2D eigenvalue weighted by atomic mass is 10.0. The number of hydrogen-bond acceptors (Lipinski definition) is 2. The standard InChI is InChI=1S/C18H30N2/c1-4-5-6-17-7-9-18(10-8-17)20-12-11-16(3)19-13-15(2)14-20/h7-10,15-16,19H,4-6,11-14H2,1-3H3. The first-order valence-electron chi connectivity index (χ1n) is 8.26. The Balaban J connectivity index is 2.00. The first-order chi connectivity index (χ1) is 9.69. The summed E-state index contributed by atoms with van der Waals surface area (Å²) in [4.78, 5) is 2.56. The van der Waals surface area contributed by atoms with Gasteiger partial charge in [0.15, 0.2) is 0 Å². The van der Waals surface area contributed by atoms with Crippen molar-refractivity contribution < 1.29 is 0 Å². The first-order valence-corrected chi connectivity index (χ1v) is 8.26. The van der Waals surface area contributed by atoms with Crippen LogP contribution in [0.2, 0.25) is 0 Å². The van der Waals surface area contributed by atoms with Crippen molar-refractivity contribution in [1.29, 1.82) is 0 Å². The highest BCUT2D eigenvalue weighted by Crippen LogP contribution is 2.19. The number of unbranched alkanes of at least 4 members (excludes halogenated alkanes) is 1. The number of nitrogens with one attached hydrogen (secondary N) is 1. The summed E-state index contributed by atoms with van der Waals surface area (Å²) in [6.45, 7) is 10.3. The van der Waals surface area contributed by atoms with E-state index in [9.17, 15) is 0 Å². The van der Waals surface area contributed by atoms with E-state index in [1.165, 1.54) is 36.9 Å². The largest absolute Gasteiger partial charge is 0.371 e. The molecule has 0 aliphatic carbocycles. The Bertz CT molecular complexity index is 385. The van der Waals surface area contributed by atoms with E-state index in [2.05, 4.69) is 55.3 Å². The summed E-state index contributed by atoms with van der Waals surface area (Å²) in [7, 11) is 0. The molecule has 2 unspecified atom stereocenters. The maximum Gasteiger partial charge on any atom is 0.0366 e. The number of benzene rings is 1. The zero-order valence-electron chi connectivity index (χ0n) is 13.4. The molecule has 0 aromatic heterocycles. The van der Waals surface area contributed by atoms with Crippen LogP contribution in [-0.2, 0) is 6.42 Å². The van der Waals surface area contributed by atoms with Gasteiger partial charge in [0.2, 0.25) is 0 Å². The summed E-state index contributed by atoms with van der Waals surface area (Å²) in [5.41, 5.74) is 2.87. The van der Waals surface area contributed by atoms with Gasteiger partial charge in [-0.05, 0) is 56.3 Å². The molecule has 1 heterocycles. The average molecular weight is 274 g/mol. The van der Waals surface area contributed by atoms with Crippen LogP contribution >= 0.6 is 0 Å². The Morgan fingerprint density at radius 2 is 1.95 bits per heavy atom. The summed E-state index contributed by atoms with van der Waals surface area (Å²) in [5.74, 6) is 0.706. The molecule has 2 rings (SSSR count). The molecule has 1 aliphatic rings. The third-order valence-corrected chi connectivity index (χ3v) is 4.30. The van der Waals surface area contributed by atoms with E-state index in [1.807, 2.05) is 0 Å². The molecule has 1 aromatic rings. The molecule has 1 aliphatic heterocycles. The molecule has 0 radical (unpaired) electrons. The predicted octanol–water partition coefficient (Wildman–Crippen LogP) is 3.85. The molecule has 0 spiro atoms. The molecule has 1 N–H and O–H groups in total. The molecule has 20 heavy (non-hydrogen) atoms. The fourth-order valence-corrected chi connectivity index (χ4v) is 2.87. The van der Waals surface area contributed by atoms with Crippen molar-refractivity contribution in [3.05, 3.63) is 29.8 Å². The Morgan fingerprint density at radius 1 is 1.20 bits per heavy atom. The van der Waals surface area contributed by atoms with Crippen molar-refractivity contribution in [2.45, 2.75) is 52.5 Å². The maximum absolute atomic E-state index is 3.61. The summed E-state index contributed by atoms with van der Waals surface area (Å²) >= 11 is 0. The van der Waals surface area contributed by atoms with Crippen molar-refractivity contribution in [2.24, 2.45) is 5.92 Å². The second-order valence-corrected chi connectivity index (χ2v) is 6.42. The Labute approximate surface area is 124 Å². The van der Waals surface area contributed by atoms with Crippen molar-refractivity contribution in [3.8, 4) is 0 Å². The van der Waals surface area contributed by atoms with Crippen LogP contribution in [0, 0.1) is 5.92 Å². The number of aryl methyl sites for hydroxylation is 1. The fraction of sp³-hybridized carbons (Fsp3) is 0.667. The van der Waals surface area contributed by atoms with Gasteiger partial charge in [-0.1, -0.05) is 32.4 Å². The van der Waals surface area contributed by atoms with Crippen molar-refractivity contribution in [3.63, 3.8) is 0 Å². The molecular weight excluding hydrogens is 244 g/mol. The molecular formula is C18H30N2. The molecule has 0 saturated carbocycles. The molecule has 1 fully saturated rings. The van der Waals surface area contributed by atoms with Gasteiger partial charge in [-0.25, -0.2) is 0 Å². The topological polar surface area (TPSA) is 15.3 Å². The first kappa shape index (κ1) is 15.4. The second-order valence-electron chi connectivity index (χ2n) is 6.42. The summed E-state index contributed by atoms with van der Waals surface area (Å²) in [6, 6.07) is 9.89. The van der Waals surface area contributed by atoms with E-state index in [0.717, 1.165) is 19.6 Å². The number of hydrogen-bond donors (Lipinski definition) is 1. The minimum absolute atomic E-state index is 0.629. The second kappa shape index (κ2) is 7.68. The van der Waals surface area contributed by atoms with Gasteiger partial charge in [-0.15, -0.1) is 0 Å². The quantitative estimate of drug-likeness (QED) is 0.897. The van der Waals surface area contributed by atoms with Crippen LogP contribution in [-0.4, -0.2) is 25.7 Å². The normalized spacial score (nSPS) is 24.2. The SMILES string of the molecule is CCCCc1ccc(N2CCC(C)NCC(C)C2)cc1. The van der Waals surface area contributed by atoms with E-state index in [4.69, 9.17) is 0 Å². The lowest BCUT2D eigenvalue weighted by molar-refractivity contribution is 0.411. The van der Waals surface area contributed by atoms with Gasteiger partial charge in [0.25, 0.3) is 0 Å². The van der Waals surface area contributed by atoms with Gasteiger partial charge in [-0.3, -0.25) is 0 Å². The zero-order chi connectivity index (χ0) is 14.4. The third kappa shape index (κ3) is 4.52. The molecule has 1 aromatic carbocycles. The zero-order valence-corrected chi connectivity index (χ0v) is 13.4. The number of anilines is 1. The Hall–Kier alpha value is -1.02. The van der Waals surface area contributed by atoms with Crippen molar-refractivity contribution in [2.75, 3.05) is 24.5 Å². The molecule has 2 atom stereocenters. The Kier molecular flexibility index (Phi) is 5.90. The molecule has 2 heteroatoms. The lowest BCUT2D eigenvalue weighted by Crippen LogP contribution is -2.42. The number of nitrogens with zero attached hydrogens (tertiary/aromatic N) is 1. The van der Waals surface area contributed by atoms with Crippen LogP contribution in [0.15, 0.2) is 24.3 Å². The molecule has 0 amide bonds. The van der Waals surface area contributed by atoms with Gasteiger partial charge < -0.3 is 10.2 Å². The van der Waals surface area contributed by atoms with Crippen molar-refractivity contribution in [1.82, 2.24) is 5.32 Å². The minimum atomic E-state index is 0.629. The highest BCUT2D eigenvalue weighted by atomic mass is 15.1. The maximum atomic E-state index is 3.61. The van der Waals surface area contributed by atoms with Gasteiger partial charge in [0.1, 0.15) is 0 Å². The molecule has 0 bridgehead atoms. The van der Waals surface area contributed by atoms with Crippen LogP contribution in [0.5, 0.6) is 0 Å². The smallest absolute Gasteiger partial charge is 0.0366 e.